The summed E-state index contributed by atoms with van der Waals surface area (Å²) in [6.45, 7) is 3.77. The first kappa shape index (κ1) is 15.2. The summed E-state index contributed by atoms with van der Waals surface area (Å²) in [5.41, 5.74) is 2.47. The molecule has 2 aliphatic heterocycles. The molecule has 1 unspecified atom stereocenters. The number of fused-ring (bicyclic) bond motifs is 2. The number of aromatic nitrogens is 1. The number of likely N-dealkylation sites (tertiary alicyclic amines) is 1. The number of nitrogens with zero attached hydrogens (tertiary/aromatic N) is 1. The fourth-order valence-corrected chi connectivity index (χ4v) is 5.03. The SMILES string of the molecule is c1ccc2sc([C@@H]3CCC[NH+](Cc4ccc5c(c4)OCO5)C3)nc2c1. The van der Waals surface area contributed by atoms with Gasteiger partial charge >= 0.3 is 0 Å². The third-order valence-corrected chi connectivity index (χ3v) is 6.37. The van der Waals surface area contributed by atoms with Gasteiger partial charge in [-0.25, -0.2) is 4.98 Å². The molecule has 25 heavy (non-hydrogen) atoms. The molecule has 5 rings (SSSR count). The zero-order valence-corrected chi connectivity index (χ0v) is 14.8. The highest BCUT2D eigenvalue weighted by molar-refractivity contribution is 7.18. The molecule has 3 heterocycles. The number of rotatable bonds is 3. The first-order chi connectivity index (χ1) is 12.3. The molecule has 0 bridgehead atoms. The number of ether oxygens (including phenoxy) is 2. The van der Waals surface area contributed by atoms with Gasteiger partial charge in [0.05, 0.1) is 29.2 Å². The number of piperidine rings is 1. The quantitative estimate of drug-likeness (QED) is 0.786. The van der Waals surface area contributed by atoms with Crippen molar-refractivity contribution in [2.45, 2.75) is 25.3 Å². The number of quaternary nitrogens is 1. The molecule has 5 heteroatoms. The maximum atomic E-state index is 5.51. The lowest BCUT2D eigenvalue weighted by Gasteiger charge is -2.29. The summed E-state index contributed by atoms with van der Waals surface area (Å²) >= 11 is 1.87. The van der Waals surface area contributed by atoms with Gasteiger partial charge in [-0.3, -0.25) is 0 Å². The molecule has 4 nitrogen and oxygen atoms in total. The van der Waals surface area contributed by atoms with Crippen LogP contribution in [0.25, 0.3) is 10.2 Å². The van der Waals surface area contributed by atoms with Crippen LogP contribution in [0.4, 0.5) is 0 Å². The Morgan fingerprint density at radius 3 is 3.00 bits per heavy atom. The molecule has 2 aromatic carbocycles. The fraction of sp³-hybridized carbons (Fsp3) is 0.350. The van der Waals surface area contributed by atoms with Gasteiger partial charge in [0.1, 0.15) is 11.6 Å². The molecular formula is C20H21N2O2S+. The van der Waals surface area contributed by atoms with Crippen LogP contribution in [0.1, 0.15) is 29.3 Å². The lowest BCUT2D eigenvalue weighted by Crippen LogP contribution is -3.12. The van der Waals surface area contributed by atoms with Crippen molar-refractivity contribution in [3.63, 3.8) is 0 Å². The standard InChI is InChI=1S/C20H20N2O2S/c1-2-6-19-16(5-1)21-20(25-19)15-4-3-9-22(12-15)11-14-7-8-17-18(10-14)24-13-23-17/h1-2,5-8,10,15H,3-4,9,11-13H2/p+1/t15-/m1/s1. The Bertz CT molecular complexity index is 875. The largest absolute Gasteiger partial charge is 0.454 e. The number of hydrogen-bond donors (Lipinski definition) is 1. The van der Waals surface area contributed by atoms with Gasteiger partial charge in [-0.05, 0) is 43.2 Å². The zero-order valence-electron chi connectivity index (χ0n) is 14.0. The molecule has 3 aromatic rings. The monoisotopic (exact) mass is 353 g/mol. The average Bonchev–Trinajstić information content (AvgIpc) is 3.28. The van der Waals surface area contributed by atoms with E-state index in [9.17, 15) is 0 Å². The van der Waals surface area contributed by atoms with E-state index in [4.69, 9.17) is 14.5 Å². The van der Waals surface area contributed by atoms with Crippen molar-refractivity contribution in [1.29, 1.82) is 0 Å². The molecule has 1 N–H and O–H groups in total. The predicted molar refractivity (Wildman–Crippen MR) is 98.6 cm³/mol. The van der Waals surface area contributed by atoms with Gasteiger partial charge in [-0.1, -0.05) is 12.1 Å². The molecule has 0 aliphatic carbocycles. The van der Waals surface area contributed by atoms with Crippen molar-refractivity contribution in [2.75, 3.05) is 19.9 Å². The van der Waals surface area contributed by atoms with Gasteiger partial charge in [-0.2, -0.15) is 0 Å². The van der Waals surface area contributed by atoms with Crippen LogP contribution in [0, 0.1) is 0 Å². The molecule has 0 saturated carbocycles. The lowest BCUT2D eigenvalue weighted by atomic mass is 9.98. The first-order valence-corrected chi connectivity index (χ1v) is 9.74. The molecule has 0 spiro atoms. The van der Waals surface area contributed by atoms with E-state index < -0.39 is 0 Å². The summed E-state index contributed by atoms with van der Waals surface area (Å²) in [5, 5.41) is 1.31. The number of nitrogens with one attached hydrogen (secondary N) is 1. The minimum absolute atomic E-state index is 0.342. The zero-order chi connectivity index (χ0) is 16.6. The molecule has 1 saturated heterocycles. The van der Waals surface area contributed by atoms with E-state index in [2.05, 4.69) is 36.4 Å². The fourth-order valence-electron chi connectivity index (χ4n) is 3.93. The van der Waals surface area contributed by atoms with Crippen molar-refractivity contribution in [3.8, 4) is 11.5 Å². The van der Waals surface area contributed by atoms with Crippen molar-refractivity contribution >= 4 is 21.6 Å². The van der Waals surface area contributed by atoms with Crippen molar-refractivity contribution < 1.29 is 14.4 Å². The Hall–Kier alpha value is -2.11. The lowest BCUT2D eigenvalue weighted by molar-refractivity contribution is -0.920. The molecule has 0 radical (unpaired) electrons. The van der Waals surface area contributed by atoms with Crippen LogP contribution in [0.5, 0.6) is 11.5 Å². The summed E-state index contributed by atoms with van der Waals surface area (Å²) < 4.78 is 12.2. The third kappa shape index (κ3) is 2.98. The van der Waals surface area contributed by atoms with Gasteiger partial charge < -0.3 is 14.4 Å². The second kappa shape index (κ2) is 6.32. The molecule has 0 amide bonds. The van der Waals surface area contributed by atoms with Gasteiger partial charge in [0, 0.05) is 5.56 Å². The summed E-state index contributed by atoms with van der Waals surface area (Å²) in [7, 11) is 0. The molecule has 1 aromatic heterocycles. The molecule has 1 fully saturated rings. The average molecular weight is 353 g/mol. The Morgan fingerprint density at radius 1 is 1.12 bits per heavy atom. The number of benzene rings is 2. The third-order valence-electron chi connectivity index (χ3n) is 5.17. The van der Waals surface area contributed by atoms with E-state index in [1.54, 1.807) is 4.90 Å². The van der Waals surface area contributed by atoms with E-state index in [-0.39, 0.29) is 0 Å². The minimum atomic E-state index is 0.342. The van der Waals surface area contributed by atoms with Crippen LogP contribution in [0.2, 0.25) is 0 Å². The maximum Gasteiger partial charge on any atom is 0.231 e. The van der Waals surface area contributed by atoms with Crippen LogP contribution < -0.4 is 14.4 Å². The number of para-hydroxylation sites is 1. The number of hydrogen-bond acceptors (Lipinski definition) is 4. The molecule has 2 atom stereocenters. The molecule has 128 valence electrons. The van der Waals surface area contributed by atoms with Crippen LogP contribution in [-0.2, 0) is 6.54 Å². The Labute approximate surface area is 151 Å². The second-order valence-corrected chi connectivity index (χ2v) is 7.99. The maximum absolute atomic E-state index is 5.51. The minimum Gasteiger partial charge on any atom is -0.454 e. The van der Waals surface area contributed by atoms with Gasteiger partial charge in [-0.15, -0.1) is 11.3 Å². The van der Waals surface area contributed by atoms with E-state index in [0.717, 1.165) is 30.1 Å². The normalized spacial score (nSPS) is 22.4. The van der Waals surface area contributed by atoms with E-state index in [1.165, 1.54) is 34.7 Å². The van der Waals surface area contributed by atoms with Gasteiger partial charge in [0.25, 0.3) is 0 Å². The predicted octanol–water partition coefficient (Wildman–Crippen LogP) is 2.99. The molecule has 2 aliphatic rings. The summed E-state index contributed by atoms with van der Waals surface area (Å²) in [5.74, 6) is 2.33. The first-order valence-electron chi connectivity index (χ1n) is 8.93. The highest BCUT2D eigenvalue weighted by Gasteiger charge is 2.27. The van der Waals surface area contributed by atoms with Gasteiger partial charge in [0.2, 0.25) is 6.79 Å². The number of thiazole rings is 1. The highest BCUT2D eigenvalue weighted by Crippen LogP contribution is 2.33. The Balaban J connectivity index is 1.32. The van der Waals surface area contributed by atoms with Crippen LogP contribution in [0.15, 0.2) is 42.5 Å². The van der Waals surface area contributed by atoms with Crippen molar-refractivity contribution in [1.82, 2.24) is 4.98 Å². The van der Waals surface area contributed by atoms with E-state index >= 15 is 0 Å². The van der Waals surface area contributed by atoms with E-state index in [1.807, 2.05) is 17.4 Å². The van der Waals surface area contributed by atoms with Crippen molar-refractivity contribution in [3.05, 3.63) is 53.0 Å². The Morgan fingerprint density at radius 2 is 2.04 bits per heavy atom. The van der Waals surface area contributed by atoms with Gasteiger partial charge in [0.15, 0.2) is 11.5 Å². The Kier molecular flexibility index (Phi) is 3.83. The van der Waals surface area contributed by atoms with Crippen LogP contribution >= 0.6 is 11.3 Å². The molecular weight excluding hydrogens is 332 g/mol. The summed E-state index contributed by atoms with van der Waals surface area (Å²) in [6.07, 6.45) is 2.52. The van der Waals surface area contributed by atoms with E-state index in [0.29, 0.717) is 12.7 Å². The summed E-state index contributed by atoms with van der Waals surface area (Å²) in [4.78, 5) is 6.53. The van der Waals surface area contributed by atoms with Crippen LogP contribution in [0.3, 0.4) is 0 Å². The van der Waals surface area contributed by atoms with Crippen molar-refractivity contribution in [2.24, 2.45) is 0 Å². The van der Waals surface area contributed by atoms with Crippen LogP contribution in [-0.4, -0.2) is 24.9 Å². The smallest absolute Gasteiger partial charge is 0.231 e. The highest BCUT2D eigenvalue weighted by atomic mass is 32.1. The summed E-state index contributed by atoms with van der Waals surface area (Å²) in [6, 6.07) is 14.8. The topological polar surface area (TPSA) is 35.8 Å². The second-order valence-electron chi connectivity index (χ2n) is 6.93.